The maximum atomic E-state index is 12.3. The van der Waals surface area contributed by atoms with E-state index in [2.05, 4.69) is 17.6 Å². The molecule has 1 amide bonds. The average Bonchev–Trinajstić information content (AvgIpc) is 2.68. The molecular weight excluding hydrogens is 236 g/mol. The minimum absolute atomic E-state index is 0.0846. The Morgan fingerprint density at radius 2 is 1.79 bits per heavy atom. The lowest BCUT2D eigenvalue weighted by molar-refractivity contribution is -0.124. The van der Waals surface area contributed by atoms with Crippen molar-refractivity contribution < 1.29 is 4.79 Å². The van der Waals surface area contributed by atoms with Gasteiger partial charge < -0.3 is 10.6 Å². The van der Waals surface area contributed by atoms with E-state index in [1.807, 2.05) is 0 Å². The Morgan fingerprint density at radius 3 is 2.42 bits per heavy atom. The first kappa shape index (κ1) is 13.4. The second-order valence-corrected chi connectivity index (χ2v) is 7.35. The van der Waals surface area contributed by atoms with Crippen LogP contribution in [0, 0.1) is 5.92 Å². The van der Waals surface area contributed by atoms with E-state index in [-0.39, 0.29) is 5.54 Å². The Kier molecular flexibility index (Phi) is 3.84. The largest absolute Gasteiger partial charge is 0.351 e. The molecule has 1 aliphatic carbocycles. The number of fused-ring (bicyclic) bond motifs is 2. The molecule has 0 aromatic carbocycles. The van der Waals surface area contributed by atoms with Gasteiger partial charge in [-0.2, -0.15) is 0 Å². The predicted octanol–water partition coefficient (Wildman–Crippen LogP) is 2.75. The standard InChI is InChI=1S/C16H28N2O/c1-16(7-3-2-4-8-16)18-15(19)11-12-9-13-5-6-14(10-12)17-13/h12-14,17H,2-11H2,1H3,(H,18,19). The molecule has 2 atom stereocenters. The van der Waals surface area contributed by atoms with E-state index in [4.69, 9.17) is 0 Å². The van der Waals surface area contributed by atoms with Crippen LogP contribution in [0.4, 0.5) is 0 Å². The summed E-state index contributed by atoms with van der Waals surface area (Å²) < 4.78 is 0. The lowest BCUT2D eigenvalue weighted by atomic mass is 9.82. The van der Waals surface area contributed by atoms with Crippen molar-refractivity contribution in [2.45, 2.75) is 88.8 Å². The van der Waals surface area contributed by atoms with Crippen LogP contribution in [0.3, 0.4) is 0 Å². The molecule has 2 aliphatic heterocycles. The first-order valence-corrected chi connectivity index (χ1v) is 8.20. The third kappa shape index (κ3) is 3.31. The highest BCUT2D eigenvalue weighted by Gasteiger charge is 2.35. The normalized spacial score (nSPS) is 37.0. The summed E-state index contributed by atoms with van der Waals surface area (Å²) in [6.07, 6.45) is 12.0. The third-order valence-electron chi connectivity index (χ3n) is 5.44. The fraction of sp³-hybridized carbons (Fsp3) is 0.938. The topological polar surface area (TPSA) is 41.1 Å². The van der Waals surface area contributed by atoms with Gasteiger partial charge in [0.25, 0.3) is 0 Å². The molecule has 2 unspecified atom stereocenters. The SMILES string of the molecule is CC1(NC(=O)CC2CC3CCC(C2)N3)CCCCC1. The van der Waals surface area contributed by atoms with Gasteiger partial charge in [0.05, 0.1) is 0 Å². The van der Waals surface area contributed by atoms with Gasteiger partial charge in [0.1, 0.15) is 0 Å². The summed E-state index contributed by atoms with van der Waals surface area (Å²) in [6, 6.07) is 1.39. The number of nitrogens with one attached hydrogen (secondary N) is 2. The molecule has 3 aliphatic rings. The van der Waals surface area contributed by atoms with Crippen molar-refractivity contribution in [3.05, 3.63) is 0 Å². The van der Waals surface area contributed by atoms with Crippen LogP contribution in [-0.4, -0.2) is 23.5 Å². The summed E-state index contributed by atoms with van der Waals surface area (Å²) in [5, 5.41) is 6.98. The molecule has 0 spiro atoms. The summed E-state index contributed by atoms with van der Waals surface area (Å²) in [6.45, 7) is 2.23. The van der Waals surface area contributed by atoms with Crippen LogP contribution in [0.2, 0.25) is 0 Å². The number of amides is 1. The Bertz CT molecular complexity index is 324. The van der Waals surface area contributed by atoms with E-state index in [1.165, 1.54) is 44.9 Å². The fourth-order valence-corrected chi connectivity index (χ4v) is 4.45. The monoisotopic (exact) mass is 264 g/mol. The maximum Gasteiger partial charge on any atom is 0.220 e. The molecule has 2 saturated heterocycles. The van der Waals surface area contributed by atoms with Crippen molar-refractivity contribution >= 4 is 5.91 Å². The highest BCUT2D eigenvalue weighted by Crippen LogP contribution is 2.33. The third-order valence-corrected chi connectivity index (χ3v) is 5.44. The van der Waals surface area contributed by atoms with Crippen LogP contribution in [0.15, 0.2) is 0 Å². The van der Waals surface area contributed by atoms with E-state index in [9.17, 15) is 4.79 Å². The van der Waals surface area contributed by atoms with Gasteiger partial charge >= 0.3 is 0 Å². The van der Waals surface area contributed by atoms with Crippen LogP contribution in [-0.2, 0) is 4.79 Å². The zero-order chi connectivity index (χ0) is 13.3. The molecule has 19 heavy (non-hydrogen) atoms. The van der Waals surface area contributed by atoms with Crippen molar-refractivity contribution in [2.75, 3.05) is 0 Å². The van der Waals surface area contributed by atoms with Crippen LogP contribution >= 0.6 is 0 Å². The number of rotatable bonds is 3. The van der Waals surface area contributed by atoms with Gasteiger partial charge in [0.2, 0.25) is 5.91 Å². The van der Waals surface area contributed by atoms with Crippen molar-refractivity contribution in [3.8, 4) is 0 Å². The fourth-order valence-electron chi connectivity index (χ4n) is 4.45. The molecule has 0 aromatic rings. The van der Waals surface area contributed by atoms with E-state index in [0.29, 0.717) is 23.9 Å². The van der Waals surface area contributed by atoms with Crippen molar-refractivity contribution in [2.24, 2.45) is 5.92 Å². The van der Waals surface area contributed by atoms with Crippen molar-refractivity contribution in [1.29, 1.82) is 0 Å². The van der Waals surface area contributed by atoms with E-state index in [0.717, 1.165) is 19.3 Å². The van der Waals surface area contributed by atoms with Crippen LogP contribution < -0.4 is 10.6 Å². The van der Waals surface area contributed by atoms with Crippen LogP contribution in [0.5, 0.6) is 0 Å². The second kappa shape index (κ2) is 5.43. The van der Waals surface area contributed by atoms with Crippen LogP contribution in [0.25, 0.3) is 0 Å². The van der Waals surface area contributed by atoms with E-state index >= 15 is 0 Å². The lowest BCUT2D eigenvalue weighted by Gasteiger charge is -2.35. The molecule has 3 nitrogen and oxygen atoms in total. The summed E-state index contributed by atoms with van der Waals surface area (Å²) >= 11 is 0. The van der Waals surface area contributed by atoms with Crippen molar-refractivity contribution in [1.82, 2.24) is 10.6 Å². The quantitative estimate of drug-likeness (QED) is 0.823. The smallest absolute Gasteiger partial charge is 0.220 e. The molecule has 108 valence electrons. The molecule has 2 N–H and O–H groups in total. The molecule has 2 heterocycles. The summed E-state index contributed by atoms with van der Waals surface area (Å²) in [4.78, 5) is 12.3. The van der Waals surface area contributed by atoms with Crippen LogP contribution in [0.1, 0.15) is 71.1 Å². The number of hydrogen-bond donors (Lipinski definition) is 2. The Hall–Kier alpha value is -0.570. The zero-order valence-corrected chi connectivity index (χ0v) is 12.2. The van der Waals surface area contributed by atoms with Gasteiger partial charge in [-0.05, 0) is 51.4 Å². The molecular formula is C16H28N2O. The molecule has 3 fully saturated rings. The van der Waals surface area contributed by atoms with Gasteiger partial charge in [-0.15, -0.1) is 0 Å². The van der Waals surface area contributed by atoms with Gasteiger partial charge in [-0.1, -0.05) is 19.3 Å². The lowest BCUT2D eigenvalue weighted by Crippen LogP contribution is -2.48. The Balaban J connectivity index is 1.48. The molecule has 0 radical (unpaired) electrons. The molecule has 0 aromatic heterocycles. The maximum absolute atomic E-state index is 12.3. The van der Waals surface area contributed by atoms with Gasteiger partial charge in [-0.3, -0.25) is 4.79 Å². The first-order chi connectivity index (χ1) is 9.13. The number of piperidine rings is 1. The summed E-state index contributed by atoms with van der Waals surface area (Å²) in [7, 11) is 0. The summed E-state index contributed by atoms with van der Waals surface area (Å²) in [5.41, 5.74) is 0.0846. The number of hydrogen-bond acceptors (Lipinski definition) is 2. The molecule has 2 bridgehead atoms. The molecule has 3 rings (SSSR count). The predicted molar refractivity (Wildman–Crippen MR) is 76.9 cm³/mol. The van der Waals surface area contributed by atoms with E-state index < -0.39 is 0 Å². The van der Waals surface area contributed by atoms with Crippen molar-refractivity contribution in [3.63, 3.8) is 0 Å². The minimum atomic E-state index is 0.0846. The first-order valence-electron chi connectivity index (χ1n) is 8.20. The van der Waals surface area contributed by atoms with E-state index in [1.54, 1.807) is 0 Å². The number of carbonyl (C=O) groups is 1. The Labute approximate surface area is 116 Å². The average molecular weight is 264 g/mol. The number of carbonyl (C=O) groups excluding carboxylic acids is 1. The van der Waals surface area contributed by atoms with Gasteiger partial charge in [-0.25, -0.2) is 0 Å². The Morgan fingerprint density at radius 1 is 1.16 bits per heavy atom. The highest BCUT2D eigenvalue weighted by atomic mass is 16.1. The molecule has 1 saturated carbocycles. The van der Waals surface area contributed by atoms with Gasteiger partial charge in [0.15, 0.2) is 0 Å². The molecule has 3 heteroatoms. The zero-order valence-electron chi connectivity index (χ0n) is 12.2. The highest BCUT2D eigenvalue weighted by molar-refractivity contribution is 5.77. The minimum Gasteiger partial charge on any atom is -0.351 e. The summed E-state index contributed by atoms with van der Waals surface area (Å²) in [5.74, 6) is 0.918. The second-order valence-electron chi connectivity index (χ2n) is 7.35. The van der Waals surface area contributed by atoms with Gasteiger partial charge in [0, 0.05) is 24.0 Å².